The highest BCUT2D eigenvalue weighted by molar-refractivity contribution is 6.62. The largest absolute Gasteiger partial charge is 0.494 e. The Labute approximate surface area is 706 Å². The van der Waals surface area contributed by atoms with E-state index in [0.29, 0.717) is 64.6 Å². The van der Waals surface area contributed by atoms with Crippen molar-refractivity contribution < 1.29 is 9.31 Å². The summed E-state index contributed by atoms with van der Waals surface area (Å²) in [6.45, 7) is 8.30. The van der Waals surface area contributed by atoms with Crippen molar-refractivity contribution in [2.24, 2.45) is 0 Å². The van der Waals surface area contributed by atoms with Crippen molar-refractivity contribution in [1.82, 2.24) is 78.1 Å². The second-order valence-electron chi connectivity index (χ2n) is 30.8. The molecule has 122 heavy (non-hydrogen) atoms. The quantitative estimate of drug-likeness (QED) is 0.105. The third-order valence-electron chi connectivity index (χ3n) is 22.8. The minimum absolute atomic E-state index is 0.177. The number of rotatable bonds is 12. The zero-order valence-corrected chi connectivity index (χ0v) is 67.3. The molecule has 0 amide bonds. The Bertz CT molecular complexity index is 7510. The maximum Gasteiger partial charge on any atom is 0.494 e. The molecule has 1 aliphatic rings. The van der Waals surface area contributed by atoms with E-state index in [9.17, 15) is 0 Å². The molecule has 1 aliphatic heterocycles. The average molecular weight is 1600 g/mol. The van der Waals surface area contributed by atoms with Gasteiger partial charge in [-0.3, -0.25) is 18.3 Å². The lowest BCUT2D eigenvalue weighted by atomic mass is 9.78. The monoisotopic (exact) mass is 1600 g/mol. The molecule has 0 aliphatic carbocycles. The van der Waals surface area contributed by atoms with E-state index in [-0.39, 0.29) is 5.28 Å². The van der Waals surface area contributed by atoms with Crippen molar-refractivity contribution in [3.8, 4) is 104 Å². The zero-order chi connectivity index (χ0) is 82.0. The van der Waals surface area contributed by atoms with E-state index < -0.39 is 18.3 Å². The number of aromatic nitrogens is 16. The Morgan fingerprint density at radius 2 is 0.434 bits per heavy atom. The van der Waals surface area contributed by atoms with Crippen molar-refractivity contribution >= 4 is 111 Å². The molecule has 20 heteroatoms. The molecule has 23 rings (SSSR count). The van der Waals surface area contributed by atoms with Crippen LogP contribution in [-0.2, 0) is 9.31 Å². The molecule has 18 nitrogen and oxygen atoms in total. The lowest BCUT2D eigenvalue weighted by Crippen LogP contribution is -2.41. The van der Waals surface area contributed by atoms with Crippen molar-refractivity contribution in [2.75, 3.05) is 0 Å². The molecular weight excluding hydrogens is 1530 g/mol. The first-order valence-corrected chi connectivity index (χ1v) is 40.7. The second kappa shape index (κ2) is 30.8. The van der Waals surface area contributed by atoms with Crippen LogP contribution >= 0.6 is 11.6 Å². The van der Waals surface area contributed by atoms with Gasteiger partial charge in [0.15, 0.2) is 40.8 Å². The van der Waals surface area contributed by atoms with E-state index >= 15 is 0 Å². The summed E-state index contributed by atoms with van der Waals surface area (Å²) in [5.41, 5.74) is 14.7. The molecule has 0 unspecified atom stereocenters. The van der Waals surface area contributed by atoms with Gasteiger partial charge in [-0.1, -0.05) is 303 Å². The van der Waals surface area contributed by atoms with Gasteiger partial charge in [-0.05, 0) is 105 Å². The van der Waals surface area contributed by atoms with Crippen molar-refractivity contribution in [3.63, 3.8) is 0 Å². The Morgan fingerprint density at radius 3 is 0.730 bits per heavy atom. The summed E-state index contributed by atoms with van der Waals surface area (Å²) in [5.74, 6) is 6.38. The molecular formula is C102H72BClN16O2. The van der Waals surface area contributed by atoms with Crippen LogP contribution in [0.4, 0.5) is 0 Å². The molecule has 0 spiro atoms. The second-order valence-corrected chi connectivity index (χ2v) is 31.2. The summed E-state index contributed by atoms with van der Waals surface area (Å²) in [7, 11) is -0.442. The third-order valence-corrected chi connectivity index (χ3v) is 22.9. The van der Waals surface area contributed by atoms with Crippen molar-refractivity contribution in [3.05, 3.63) is 369 Å². The maximum absolute atomic E-state index is 6.37. The Balaban J connectivity index is 0.000000121. The van der Waals surface area contributed by atoms with Gasteiger partial charge in [0.25, 0.3) is 0 Å². The maximum atomic E-state index is 6.37. The summed E-state index contributed by atoms with van der Waals surface area (Å²) < 4.78 is 21.2. The number of benzene rings is 14. The zero-order valence-electron chi connectivity index (χ0n) is 66.6. The molecule has 0 bridgehead atoms. The van der Waals surface area contributed by atoms with E-state index in [1.807, 2.05) is 223 Å². The number of fused-ring (bicyclic) bond motifs is 12. The molecule has 0 atom stereocenters. The Hall–Kier alpha value is -15.4. The predicted molar refractivity (Wildman–Crippen MR) is 489 cm³/mol. The van der Waals surface area contributed by atoms with Crippen LogP contribution in [0.5, 0.6) is 0 Å². The highest BCUT2D eigenvalue weighted by Gasteiger charge is 2.52. The minimum atomic E-state index is -0.442. The normalized spacial score (nSPS) is 13.0. The Morgan fingerprint density at radius 1 is 0.213 bits per heavy atom. The van der Waals surface area contributed by atoms with Gasteiger partial charge in [-0.2, -0.15) is 44.9 Å². The Kier molecular flexibility index (Phi) is 18.7. The van der Waals surface area contributed by atoms with E-state index in [4.69, 9.17) is 70.7 Å². The first kappa shape index (κ1) is 74.2. The van der Waals surface area contributed by atoms with Gasteiger partial charge in [0.05, 0.1) is 55.3 Å². The van der Waals surface area contributed by atoms with Gasteiger partial charge in [-0.15, -0.1) is 0 Å². The summed E-state index contributed by atoms with van der Waals surface area (Å²) >= 11 is 6.24. The minimum Gasteiger partial charge on any atom is -0.399 e. The van der Waals surface area contributed by atoms with Gasteiger partial charge >= 0.3 is 7.12 Å². The van der Waals surface area contributed by atoms with Crippen molar-refractivity contribution in [1.29, 1.82) is 0 Å². The predicted octanol–water partition coefficient (Wildman–Crippen LogP) is 22.8. The number of halogens is 1. The topological polar surface area (TPSA) is 193 Å². The fourth-order valence-corrected chi connectivity index (χ4v) is 16.4. The van der Waals surface area contributed by atoms with E-state index in [2.05, 4.69) is 197 Å². The fraction of sp³-hybridized carbons (Fsp3) is 0.0588. The first-order valence-electron chi connectivity index (χ1n) is 40.3. The summed E-state index contributed by atoms with van der Waals surface area (Å²) in [6, 6.07) is 123. The molecule has 0 saturated carbocycles. The molecule has 1 fully saturated rings. The third kappa shape index (κ3) is 13.6. The molecule has 0 N–H and O–H groups in total. The van der Waals surface area contributed by atoms with Crippen LogP contribution in [0.1, 0.15) is 27.7 Å². The first-order chi connectivity index (χ1) is 59.9. The van der Waals surface area contributed by atoms with Gasteiger partial charge < -0.3 is 9.31 Å². The van der Waals surface area contributed by atoms with Gasteiger partial charge in [0.2, 0.25) is 29.1 Å². The lowest BCUT2D eigenvalue weighted by Gasteiger charge is -2.32. The van der Waals surface area contributed by atoms with Crippen molar-refractivity contribution in [2.45, 2.75) is 38.9 Å². The number of para-hydroxylation sites is 6. The van der Waals surface area contributed by atoms with Crippen LogP contribution in [0.15, 0.2) is 364 Å². The van der Waals surface area contributed by atoms with E-state index in [1.165, 1.54) is 0 Å². The fourth-order valence-electron chi connectivity index (χ4n) is 16.2. The molecule has 8 aromatic heterocycles. The molecule has 582 valence electrons. The van der Waals surface area contributed by atoms with Gasteiger partial charge in [0.1, 0.15) is 0 Å². The molecule has 0 radical (unpaired) electrons. The van der Waals surface area contributed by atoms with Gasteiger partial charge in [-0.25, -0.2) is 15.0 Å². The number of hydrogen-bond donors (Lipinski definition) is 0. The van der Waals surface area contributed by atoms with Crippen LogP contribution < -0.4 is 5.46 Å². The van der Waals surface area contributed by atoms with E-state index in [1.54, 1.807) is 0 Å². The molecule has 22 aromatic rings. The molecule has 9 heterocycles. The van der Waals surface area contributed by atoms with E-state index in [0.717, 1.165) is 132 Å². The molecule has 14 aromatic carbocycles. The highest BCUT2D eigenvalue weighted by atomic mass is 35.5. The van der Waals surface area contributed by atoms with Crippen LogP contribution in [-0.4, -0.2) is 96.4 Å². The summed E-state index contributed by atoms with van der Waals surface area (Å²) in [5, 5.41) is 9.06. The smallest absolute Gasteiger partial charge is 0.399 e. The standard InChI is InChI=1S/C48H30N8.C33H29BN4O2.C21H13ClN4/c1-4-16-31(17-5-1)43-49-44(32-18-6-2-7-19-32)52-47(51-43)56-41-27-15-12-24-37(41)38-30-34(28-29-42(38)56)46-50-45(33-20-8-3-9-21-33)53-48(54-46)55-39-25-13-10-22-35(39)36-23-11-14-26-40(36)55;1-32(2)33(3,4)40-34(39-32)24-19-20-28-26(21-24)25-17-11-12-18-27(25)38(28)31-36-29(22-13-7-5-8-14-22)35-30(37-31)23-15-9-6-10-16-23;22-20-23-19(14-8-2-1-3-9-14)24-21(25-20)26-17-12-6-4-10-15(17)16-11-5-7-13-18(16)26/h1-30H;5-21H,1-4H3;1-13H. The van der Waals surface area contributed by atoms with Gasteiger partial charge in [0, 0.05) is 82.0 Å². The number of hydrogen-bond acceptors (Lipinski definition) is 14. The summed E-state index contributed by atoms with van der Waals surface area (Å²) in [4.78, 5) is 58.8. The van der Waals surface area contributed by atoms with Crippen LogP contribution in [0.2, 0.25) is 5.28 Å². The SMILES string of the molecule is CC1(C)OB(c2ccc3c(c2)c2ccccc2n3-c2nc(-c3ccccc3)nc(-c3ccccc3)n2)OC1(C)C.Clc1nc(-c2ccccc2)nc(-n2c3ccccc3c3ccccc32)n1.c1ccc(-c2nc(-c3ccc4c(c3)c3ccccc3n4-c3nc(-c4ccccc4)nc(-c4ccccc4)n3)nc(-n3c4ccccc4c4ccccc43)n2)cc1. The number of nitrogens with zero attached hydrogens (tertiary/aromatic N) is 16. The van der Waals surface area contributed by atoms with Crippen LogP contribution in [0, 0.1) is 0 Å². The highest BCUT2D eigenvalue weighted by Crippen LogP contribution is 2.41. The van der Waals surface area contributed by atoms with Crippen LogP contribution in [0.25, 0.3) is 191 Å². The molecule has 1 saturated heterocycles. The van der Waals surface area contributed by atoms with Crippen LogP contribution in [0.3, 0.4) is 0 Å². The average Bonchev–Trinajstić information content (AvgIpc) is 1.59. The lowest BCUT2D eigenvalue weighted by molar-refractivity contribution is 0.00578. The summed E-state index contributed by atoms with van der Waals surface area (Å²) in [6.07, 6.45) is 0.